The molecule has 0 fully saturated rings. The molecule has 1 aromatic carbocycles. The van der Waals surface area contributed by atoms with E-state index in [1.54, 1.807) is 0 Å². The van der Waals surface area contributed by atoms with Crippen LogP contribution in [0, 0.1) is 5.92 Å². The van der Waals surface area contributed by atoms with Crippen molar-refractivity contribution >= 4 is 16.9 Å². The molecule has 2 nitrogen and oxygen atoms in total. The van der Waals surface area contributed by atoms with Crippen LogP contribution in [-0.2, 0) is 15.7 Å². The minimum absolute atomic E-state index is 0.115. The van der Waals surface area contributed by atoms with Gasteiger partial charge >= 0.3 is 5.97 Å². The predicted molar refractivity (Wildman–Crippen MR) is 87.3 cm³/mol. The molecule has 0 aliphatic carbocycles. The number of unbranched alkanes of at least 4 members (excludes halogenated alkanes) is 2. The van der Waals surface area contributed by atoms with E-state index in [-0.39, 0.29) is 23.2 Å². The SMILES string of the molecule is CCCCC[C@@H]([C@@H](C)CC(=O)O)[S+](C)c1ccccc1. The summed E-state index contributed by atoms with van der Waals surface area (Å²) in [6, 6.07) is 10.5. The number of hydrogen-bond donors (Lipinski definition) is 1. The Labute approximate surface area is 125 Å². The zero-order valence-electron chi connectivity index (χ0n) is 12.8. The lowest BCUT2D eigenvalue weighted by molar-refractivity contribution is -0.137. The number of carboxylic acids is 1. The molecule has 0 aliphatic rings. The molecule has 0 aliphatic heterocycles. The minimum atomic E-state index is -0.678. The van der Waals surface area contributed by atoms with Crippen molar-refractivity contribution in [1.29, 1.82) is 0 Å². The summed E-state index contributed by atoms with van der Waals surface area (Å²) in [7, 11) is 0.115. The maximum absolute atomic E-state index is 11.0. The van der Waals surface area contributed by atoms with Crippen LogP contribution in [0.3, 0.4) is 0 Å². The average Bonchev–Trinajstić information content (AvgIpc) is 2.43. The Bertz CT molecular complexity index is 391. The first-order valence-electron chi connectivity index (χ1n) is 7.47. The van der Waals surface area contributed by atoms with E-state index in [2.05, 4.69) is 44.4 Å². The van der Waals surface area contributed by atoms with Crippen LogP contribution in [0.25, 0.3) is 0 Å². The molecule has 1 aromatic rings. The van der Waals surface area contributed by atoms with Gasteiger partial charge in [0.2, 0.25) is 0 Å². The topological polar surface area (TPSA) is 37.3 Å². The van der Waals surface area contributed by atoms with Crippen molar-refractivity contribution in [2.24, 2.45) is 5.92 Å². The van der Waals surface area contributed by atoms with E-state index < -0.39 is 5.97 Å². The van der Waals surface area contributed by atoms with Crippen LogP contribution in [0.5, 0.6) is 0 Å². The van der Waals surface area contributed by atoms with Crippen molar-refractivity contribution in [2.75, 3.05) is 6.26 Å². The van der Waals surface area contributed by atoms with Gasteiger partial charge in [0.15, 0.2) is 4.90 Å². The molecule has 1 unspecified atom stereocenters. The van der Waals surface area contributed by atoms with Crippen LogP contribution >= 0.6 is 0 Å². The third-order valence-electron chi connectivity index (χ3n) is 3.79. The summed E-state index contributed by atoms with van der Waals surface area (Å²) < 4.78 is 0. The molecule has 3 heteroatoms. The van der Waals surface area contributed by atoms with Gasteiger partial charge in [-0.1, -0.05) is 44.9 Å². The second-order valence-electron chi connectivity index (χ2n) is 5.48. The van der Waals surface area contributed by atoms with Crippen LogP contribution in [0.2, 0.25) is 0 Å². The smallest absolute Gasteiger partial charge is 0.303 e. The normalized spacial score (nSPS) is 15.6. The summed E-state index contributed by atoms with van der Waals surface area (Å²) in [5.74, 6) is -0.444. The number of carboxylic acid groups (broad SMARTS) is 1. The van der Waals surface area contributed by atoms with Gasteiger partial charge in [0.1, 0.15) is 11.5 Å². The molecule has 20 heavy (non-hydrogen) atoms. The Kier molecular flexibility index (Phi) is 7.75. The van der Waals surface area contributed by atoms with E-state index in [4.69, 9.17) is 5.11 Å². The largest absolute Gasteiger partial charge is 0.481 e. The lowest BCUT2D eigenvalue weighted by Crippen LogP contribution is -2.29. The molecule has 0 aromatic heterocycles. The Morgan fingerprint density at radius 2 is 1.90 bits per heavy atom. The van der Waals surface area contributed by atoms with Gasteiger partial charge in [0, 0.05) is 16.8 Å². The zero-order valence-corrected chi connectivity index (χ0v) is 13.7. The monoisotopic (exact) mass is 295 g/mol. The first-order valence-corrected chi connectivity index (χ1v) is 9.17. The van der Waals surface area contributed by atoms with E-state index in [1.165, 1.54) is 24.2 Å². The fraction of sp³-hybridized carbons (Fsp3) is 0.588. The summed E-state index contributed by atoms with van der Waals surface area (Å²) in [5, 5.41) is 9.53. The van der Waals surface area contributed by atoms with Gasteiger partial charge < -0.3 is 5.11 Å². The first-order chi connectivity index (χ1) is 9.56. The van der Waals surface area contributed by atoms with Crippen LogP contribution in [0.15, 0.2) is 35.2 Å². The number of hydrogen-bond acceptors (Lipinski definition) is 1. The highest BCUT2D eigenvalue weighted by atomic mass is 32.2. The third kappa shape index (κ3) is 5.58. The zero-order chi connectivity index (χ0) is 15.0. The van der Waals surface area contributed by atoms with E-state index in [0.29, 0.717) is 5.25 Å². The standard InChI is InChI=1S/C17H26O2S/c1-4-5-7-12-16(14(2)13-17(18)19)20(3)15-10-8-6-9-11-15/h6,8-11,14,16H,4-5,7,12-13H2,1-3H3/p+1/t14-,16-,20?/m0/s1. The maximum atomic E-state index is 11.0. The molecule has 3 atom stereocenters. The average molecular weight is 295 g/mol. The molecule has 112 valence electrons. The number of carbonyl (C=O) groups is 1. The number of benzene rings is 1. The molecular formula is C17H27O2S+. The van der Waals surface area contributed by atoms with Crippen LogP contribution < -0.4 is 0 Å². The van der Waals surface area contributed by atoms with Crippen molar-refractivity contribution in [3.63, 3.8) is 0 Å². The molecule has 0 saturated carbocycles. The Morgan fingerprint density at radius 3 is 2.45 bits per heavy atom. The van der Waals surface area contributed by atoms with Gasteiger partial charge in [0.05, 0.1) is 6.42 Å². The molecule has 1 rings (SSSR count). The van der Waals surface area contributed by atoms with E-state index in [0.717, 1.165) is 6.42 Å². The molecule has 0 amide bonds. The highest BCUT2D eigenvalue weighted by molar-refractivity contribution is 7.96. The first kappa shape index (κ1) is 17.1. The van der Waals surface area contributed by atoms with Crippen LogP contribution in [0.4, 0.5) is 0 Å². The summed E-state index contributed by atoms with van der Waals surface area (Å²) >= 11 is 0. The van der Waals surface area contributed by atoms with Crippen LogP contribution in [-0.4, -0.2) is 22.6 Å². The molecule has 0 heterocycles. The van der Waals surface area contributed by atoms with Gasteiger partial charge in [-0.05, 0) is 25.0 Å². The van der Waals surface area contributed by atoms with Gasteiger partial charge in [-0.3, -0.25) is 4.79 Å². The number of aliphatic carboxylic acids is 1. The fourth-order valence-corrected chi connectivity index (χ4v) is 4.87. The Morgan fingerprint density at radius 1 is 1.25 bits per heavy atom. The van der Waals surface area contributed by atoms with E-state index >= 15 is 0 Å². The van der Waals surface area contributed by atoms with Gasteiger partial charge in [-0.15, -0.1) is 0 Å². The fourth-order valence-electron chi connectivity index (χ4n) is 2.62. The minimum Gasteiger partial charge on any atom is -0.481 e. The number of rotatable bonds is 9. The quantitative estimate of drug-likeness (QED) is 0.543. The van der Waals surface area contributed by atoms with Crippen molar-refractivity contribution in [3.8, 4) is 0 Å². The maximum Gasteiger partial charge on any atom is 0.303 e. The van der Waals surface area contributed by atoms with Crippen molar-refractivity contribution in [3.05, 3.63) is 30.3 Å². The molecule has 0 saturated heterocycles. The van der Waals surface area contributed by atoms with Gasteiger partial charge in [0.25, 0.3) is 0 Å². The summed E-state index contributed by atoms with van der Waals surface area (Å²) in [4.78, 5) is 12.4. The molecule has 1 N–H and O–H groups in total. The van der Waals surface area contributed by atoms with Crippen molar-refractivity contribution in [2.45, 2.75) is 56.1 Å². The lowest BCUT2D eigenvalue weighted by Gasteiger charge is -2.21. The Balaban J connectivity index is 2.77. The Hall–Kier alpha value is -0.960. The molecule has 0 spiro atoms. The predicted octanol–water partition coefficient (Wildman–Crippen LogP) is 4.35. The van der Waals surface area contributed by atoms with E-state index in [9.17, 15) is 4.79 Å². The van der Waals surface area contributed by atoms with Crippen molar-refractivity contribution < 1.29 is 9.90 Å². The third-order valence-corrected chi connectivity index (χ3v) is 6.42. The second kappa shape index (κ2) is 9.06. The molecular weight excluding hydrogens is 268 g/mol. The highest BCUT2D eigenvalue weighted by Crippen LogP contribution is 2.28. The van der Waals surface area contributed by atoms with Crippen LogP contribution in [0.1, 0.15) is 46.0 Å². The molecule has 0 radical (unpaired) electrons. The molecule has 0 bridgehead atoms. The van der Waals surface area contributed by atoms with Gasteiger partial charge in [-0.2, -0.15) is 0 Å². The summed E-state index contributed by atoms with van der Waals surface area (Å²) in [6.07, 6.45) is 7.34. The highest BCUT2D eigenvalue weighted by Gasteiger charge is 2.33. The summed E-state index contributed by atoms with van der Waals surface area (Å²) in [6.45, 7) is 4.30. The second-order valence-corrected chi connectivity index (χ2v) is 7.67. The lowest BCUT2D eigenvalue weighted by atomic mass is 9.99. The van der Waals surface area contributed by atoms with E-state index in [1.807, 2.05) is 6.07 Å². The summed E-state index contributed by atoms with van der Waals surface area (Å²) in [5.41, 5.74) is 0. The van der Waals surface area contributed by atoms with Crippen molar-refractivity contribution in [1.82, 2.24) is 0 Å². The van der Waals surface area contributed by atoms with Gasteiger partial charge in [-0.25, -0.2) is 0 Å².